The van der Waals surface area contributed by atoms with Crippen LogP contribution in [-0.2, 0) is 9.59 Å². The Balaban J connectivity index is 1.71. The summed E-state index contributed by atoms with van der Waals surface area (Å²) in [6.07, 6.45) is 7.11. The van der Waals surface area contributed by atoms with Crippen LogP contribution < -0.4 is 0 Å². The van der Waals surface area contributed by atoms with Crippen molar-refractivity contribution in [3.8, 4) is 0 Å². The van der Waals surface area contributed by atoms with Crippen molar-refractivity contribution in [2.75, 3.05) is 0 Å². The van der Waals surface area contributed by atoms with E-state index in [-0.39, 0.29) is 0 Å². The van der Waals surface area contributed by atoms with Gasteiger partial charge in [0.15, 0.2) is 0 Å². The van der Waals surface area contributed by atoms with Crippen LogP contribution in [-0.4, -0.2) is 16.6 Å². The highest BCUT2D eigenvalue weighted by Gasteiger charge is 2.25. The van der Waals surface area contributed by atoms with Crippen molar-refractivity contribution in [2.45, 2.75) is 63.2 Å². The molecule has 2 aliphatic carbocycles. The van der Waals surface area contributed by atoms with Gasteiger partial charge in [-0.25, -0.2) is 0 Å². The van der Waals surface area contributed by atoms with Crippen LogP contribution in [0.4, 0.5) is 0 Å². The molecule has 3 nitrogen and oxygen atoms in total. The Morgan fingerprint density at radius 3 is 1.74 bits per heavy atom. The molecule has 0 aliphatic heterocycles. The van der Waals surface area contributed by atoms with Gasteiger partial charge in [0, 0.05) is 48.9 Å². The first-order valence-electron chi connectivity index (χ1n) is 7.44. The fraction of sp³-hybridized carbons (Fsp3) is 0.625. The van der Waals surface area contributed by atoms with E-state index in [1.165, 1.54) is 11.4 Å². The molecule has 2 unspecified atom stereocenters. The average molecular weight is 259 g/mol. The zero-order valence-corrected chi connectivity index (χ0v) is 11.3. The van der Waals surface area contributed by atoms with Gasteiger partial charge in [0.25, 0.3) is 0 Å². The number of rotatable bonds is 2. The lowest BCUT2D eigenvalue weighted by Gasteiger charge is -2.21. The molecule has 1 aromatic heterocycles. The molecule has 102 valence electrons. The summed E-state index contributed by atoms with van der Waals surface area (Å²) in [4.78, 5) is 26.6. The second kappa shape index (κ2) is 5.32. The van der Waals surface area contributed by atoms with Crippen molar-refractivity contribution in [3.05, 3.63) is 23.5 Å². The molecule has 0 bridgehead atoms. The van der Waals surface area contributed by atoms with E-state index in [9.17, 15) is 9.59 Å². The highest BCUT2D eigenvalue weighted by atomic mass is 16.1. The van der Waals surface area contributed by atoms with Crippen molar-refractivity contribution >= 4 is 11.6 Å². The Kier molecular flexibility index (Phi) is 3.54. The van der Waals surface area contributed by atoms with E-state index < -0.39 is 0 Å². The van der Waals surface area contributed by atoms with E-state index in [1.54, 1.807) is 0 Å². The number of ketones is 2. The van der Waals surface area contributed by atoms with Crippen LogP contribution in [0.5, 0.6) is 0 Å². The fourth-order valence-electron chi connectivity index (χ4n) is 3.49. The minimum absolute atomic E-state index is 0.370. The summed E-state index contributed by atoms with van der Waals surface area (Å²) in [5, 5.41) is 0. The van der Waals surface area contributed by atoms with E-state index in [2.05, 4.69) is 17.1 Å². The number of H-pyrrole nitrogens is 1. The number of carbonyl (C=O) groups is 2. The first kappa shape index (κ1) is 12.6. The van der Waals surface area contributed by atoms with Gasteiger partial charge in [0.1, 0.15) is 11.6 Å². The molecule has 3 heteroatoms. The molecule has 0 saturated heterocycles. The molecule has 2 saturated carbocycles. The minimum atomic E-state index is 0.370. The summed E-state index contributed by atoms with van der Waals surface area (Å²) in [7, 11) is 0. The van der Waals surface area contributed by atoms with Crippen molar-refractivity contribution in [3.63, 3.8) is 0 Å². The Hall–Kier alpha value is -1.38. The van der Waals surface area contributed by atoms with Crippen molar-refractivity contribution < 1.29 is 9.59 Å². The summed E-state index contributed by atoms with van der Waals surface area (Å²) in [5.41, 5.74) is 2.39. The Labute approximate surface area is 113 Å². The number of aromatic amines is 1. The molecule has 19 heavy (non-hydrogen) atoms. The molecule has 1 aromatic rings. The molecule has 2 aliphatic rings. The molecule has 1 N–H and O–H groups in total. The summed E-state index contributed by atoms with van der Waals surface area (Å²) >= 11 is 0. The van der Waals surface area contributed by atoms with E-state index in [1.807, 2.05) is 0 Å². The monoisotopic (exact) mass is 259 g/mol. The van der Waals surface area contributed by atoms with Crippen molar-refractivity contribution in [1.29, 1.82) is 0 Å². The van der Waals surface area contributed by atoms with Gasteiger partial charge in [0.2, 0.25) is 0 Å². The molecule has 1 heterocycles. The lowest BCUT2D eigenvalue weighted by Crippen LogP contribution is -2.15. The van der Waals surface area contributed by atoms with E-state index in [4.69, 9.17) is 0 Å². The Bertz CT molecular complexity index is 446. The van der Waals surface area contributed by atoms with Gasteiger partial charge >= 0.3 is 0 Å². The largest absolute Gasteiger partial charge is 0.362 e. The number of aromatic nitrogens is 1. The maximum absolute atomic E-state index is 11.5. The maximum atomic E-state index is 11.5. The normalized spacial score (nSPS) is 28.6. The predicted octanol–water partition coefficient (Wildman–Crippen LogP) is 3.47. The quantitative estimate of drug-likeness (QED) is 0.884. The molecular formula is C16H21NO2. The molecule has 2 atom stereocenters. The van der Waals surface area contributed by atoms with Crippen LogP contribution in [0.1, 0.15) is 74.6 Å². The van der Waals surface area contributed by atoms with Crippen LogP contribution >= 0.6 is 0 Å². The third-order valence-corrected chi connectivity index (χ3v) is 4.58. The van der Waals surface area contributed by atoms with Gasteiger partial charge in [0.05, 0.1) is 0 Å². The fourth-order valence-corrected chi connectivity index (χ4v) is 3.49. The van der Waals surface area contributed by atoms with Crippen molar-refractivity contribution in [1.82, 2.24) is 4.98 Å². The van der Waals surface area contributed by atoms with Gasteiger partial charge in [-0.3, -0.25) is 9.59 Å². The SMILES string of the molecule is O=C1CCCC(c2ccc(C3CCCC(=O)C3)[nH]2)C1. The highest BCUT2D eigenvalue weighted by molar-refractivity contribution is 5.80. The van der Waals surface area contributed by atoms with Gasteiger partial charge in [-0.1, -0.05) is 0 Å². The van der Waals surface area contributed by atoms with Crippen LogP contribution in [0.2, 0.25) is 0 Å². The van der Waals surface area contributed by atoms with E-state index >= 15 is 0 Å². The molecule has 3 rings (SSSR count). The van der Waals surface area contributed by atoms with Crippen LogP contribution in [0.15, 0.2) is 12.1 Å². The zero-order valence-electron chi connectivity index (χ0n) is 11.3. The number of carbonyl (C=O) groups excluding carboxylic acids is 2. The van der Waals surface area contributed by atoms with Crippen LogP contribution in [0.25, 0.3) is 0 Å². The Morgan fingerprint density at radius 2 is 1.32 bits per heavy atom. The van der Waals surface area contributed by atoms with Gasteiger partial charge in [-0.15, -0.1) is 0 Å². The van der Waals surface area contributed by atoms with E-state index in [0.717, 1.165) is 38.5 Å². The summed E-state index contributed by atoms with van der Waals surface area (Å²) in [5.74, 6) is 1.52. The second-order valence-electron chi connectivity index (χ2n) is 6.03. The number of nitrogens with one attached hydrogen (secondary N) is 1. The van der Waals surface area contributed by atoms with Crippen LogP contribution in [0, 0.1) is 0 Å². The standard InChI is InChI=1S/C16H21NO2/c18-13-5-1-3-11(9-13)15-7-8-16(17-15)12-4-2-6-14(19)10-12/h7-8,11-12,17H,1-6,9-10H2. The third kappa shape index (κ3) is 2.80. The van der Waals surface area contributed by atoms with Gasteiger partial charge in [-0.2, -0.15) is 0 Å². The average Bonchev–Trinajstić information content (AvgIpc) is 2.88. The second-order valence-corrected chi connectivity index (χ2v) is 6.03. The molecule has 0 radical (unpaired) electrons. The van der Waals surface area contributed by atoms with Gasteiger partial charge in [-0.05, 0) is 37.8 Å². The molecular weight excluding hydrogens is 238 g/mol. The summed E-state index contributed by atoms with van der Waals surface area (Å²) in [6.45, 7) is 0. The molecule has 2 fully saturated rings. The predicted molar refractivity (Wildman–Crippen MR) is 73.2 cm³/mol. The third-order valence-electron chi connectivity index (χ3n) is 4.58. The number of hydrogen-bond acceptors (Lipinski definition) is 2. The topological polar surface area (TPSA) is 49.9 Å². The first-order chi connectivity index (χ1) is 9.22. The highest BCUT2D eigenvalue weighted by Crippen LogP contribution is 2.34. The number of hydrogen-bond donors (Lipinski definition) is 1. The number of Topliss-reactive ketones (excluding diaryl/α,β-unsaturated/α-hetero) is 2. The first-order valence-corrected chi connectivity index (χ1v) is 7.44. The van der Waals surface area contributed by atoms with Gasteiger partial charge < -0.3 is 4.98 Å². The summed E-state index contributed by atoms with van der Waals surface area (Å²) < 4.78 is 0. The smallest absolute Gasteiger partial charge is 0.133 e. The summed E-state index contributed by atoms with van der Waals surface area (Å²) in [6, 6.07) is 4.25. The maximum Gasteiger partial charge on any atom is 0.133 e. The Morgan fingerprint density at radius 1 is 0.842 bits per heavy atom. The van der Waals surface area contributed by atoms with E-state index in [0.29, 0.717) is 36.2 Å². The molecule has 0 spiro atoms. The zero-order chi connectivity index (χ0) is 13.2. The molecule has 0 amide bonds. The lowest BCUT2D eigenvalue weighted by molar-refractivity contribution is -0.121. The molecule has 0 aromatic carbocycles. The van der Waals surface area contributed by atoms with Crippen LogP contribution in [0.3, 0.4) is 0 Å². The lowest BCUT2D eigenvalue weighted by atomic mass is 9.86. The minimum Gasteiger partial charge on any atom is -0.362 e. The van der Waals surface area contributed by atoms with Crippen molar-refractivity contribution in [2.24, 2.45) is 0 Å².